The largest absolute Gasteiger partial charge is 0.426 e. The topological polar surface area (TPSA) is 75.3 Å². The third-order valence-electron chi connectivity index (χ3n) is 5.22. The number of rotatable bonds is 5. The van der Waals surface area contributed by atoms with E-state index in [-0.39, 0.29) is 11.8 Å². The van der Waals surface area contributed by atoms with Gasteiger partial charge in [0.2, 0.25) is 5.91 Å². The third kappa shape index (κ3) is 3.41. The van der Waals surface area contributed by atoms with Gasteiger partial charge in [-0.3, -0.25) is 9.59 Å². The molecule has 1 amide bonds. The molecule has 1 aromatic heterocycles. The Labute approximate surface area is 163 Å². The molecule has 0 bridgehead atoms. The van der Waals surface area contributed by atoms with Crippen molar-refractivity contribution in [2.24, 2.45) is 5.92 Å². The number of amides is 1. The SMILES string of the molecule is CN1CC(c2cnc[nH]2)C(C(C(=O)Oc2ccccc2)c2ccccc2)C1=O. The van der Waals surface area contributed by atoms with Gasteiger partial charge < -0.3 is 14.6 Å². The predicted octanol–water partition coefficient (Wildman–Crippen LogP) is 2.97. The van der Waals surface area contributed by atoms with Gasteiger partial charge >= 0.3 is 5.97 Å². The van der Waals surface area contributed by atoms with Crippen molar-refractivity contribution in [3.63, 3.8) is 0 Å². The van der Waals surface area contributed by atoms with Gasteiger partial charge in [0.15, 0.2) is 0 Å². The van der Waals surface area contributed by atoms with Crippen LogP contribution in [0.5, 0.6) is 5.75 Å². The standard InChI is InChI=1S/C22H21N3O3/c1-25-13-17(18-12-23-14-24-18)20(21(25)26)19(15-8-4-2-5-9-15)22(27)28-16-10-6-3-7-11-16/h2-12,14,17,19-20H,13H2,1H3,(H,23,24). The Morgan fingerprint density at radius 3 is 2.46 bits per heavy atom. The summed E-state index contributed by atoms with van der Waals surface area (Å²) in [6.07, 6.45) is 3.31. The molecule has 1 N–H and O–H groups in total. The zero-order chi connectivity index (χ0) is 19.5. The molecule has 0 aliphatic carbocycles. The molecule has 4 rings (SSSR count). The molecule has 3 aromatic rings. The second kappa shape index (κ2) is 7.68. The normalized spacial score (nSPS) is 20.2. The first kappa shape index (κ1) is 18.0. The lowest BCUT2D eigenvalue weighted by molar-refractivity contribution is -0.142. The minimum absolute atomic E-state index is 0.0709. The van der Waals surface area contributed by atoms with E-state index >= 15 is 0 Å². The lowest BCUT2D eigenvalue weighted by Gasteiger charge is -2.25. The van der Waals surface area contributed by atoms with Crippen LogP contribution in [-0.2, 0) is 9.59 Å². The fourth-order valence-electron chi connectivity index (χ4n) is 3.88. The van der Waals surface area contributed by atoms with Crippen molar-refractivity contribution in [3.05, 3.63) is 84.4 Å². The summed E-state index contributed by atoms with van der Waals surface area (Å²) in [6.45, 7) is 0.521. The molecule has 2 heterocycles. The maximum atomic E-state index is 13.2. The van der Waals surface area contributed by atoms with Crippen LogP contribution in [-0.4, -0.2) is 40.3 Å². The van der Waals surface area contributed by atoms with E-state index in [2.05, 4.69) is 9.97 Å². The average Bonchev–Trinajstić information content (AvgIpc) is 3.34. The number of ether oxygens (including phenoxy) is 1. The Morgan fingerprint density at radius 2 is 1.82 bits per heavy atom. The first-order valence-corrected chi connectivity index (χ1v) is 9.20. The molecule has 6 nitrogen and oxygen atoms in total. The number of nitrogens with zero attached hydrogens (tertiary/aromatic N) is 2. The molecule has 1 aliphatic rings. The van der Waals surface area contributed by atoms with Crippen molar-refractivity contribution >= 4 is 11.9 Å². The van der Waals surface area contributed by atoms with Crippen LogP contribution < -0.4 is 4.74 Å². The van der Waals surface area contributed by atoms with E-state index < -0.39 is 17.8 Å². The number of aromatic amines is 1. The highest BCUT2D eigenvalue weighted by atomic mass is 16.5. The molecule has 6 heteroatoms. The predicted molar refractivity (Wildman–Crippen MR) is 104 cm³/mol. The number of carbonyl (C=O) groups is 2. The van der Waals surface area contributed by atoms with E-state index in [1.807, 2.05) is 48.5 Å². The van der Waals surface area contributed by atoms with Crippen molar-refractivity contribution in [1.29, 1.82) is 0 Å². The van der Waals surface area contributed by atoms with Crippen LogP contribution in [0.15, 0.2) is 73.2 Å². The number of aromatic nitrogens is 2. The lowest BCUT2D eigenvalue weighted by atomic mass is 9.78. The molecule has 1 saturated heterocycles. The van der Waals surface area contributed by atoms with Crippen LogP contribution in [0.2, 0.25) is 0 Å². The fourth-order valence-corrected chi connectivity index (χ4v) is 3.88. The van der Waals surface area contributed by atoms with Crippen LogP contribution in [0.4, 0.5) is 0 Å². The highest BCUT2D eigenvalue weighted by molar-refractivity contribution is 5.91. The highest BCUT2D eigenvalue weighted by Gasteiger charge is 2.48. The van der Waals surface area contributed by atoms with E-state index in [4.69, 9.17) is 4.74 Å². The number of likely N-dealkylation sites (N-methyl/N-ethyl adjacent to an activating group) is 1. The molecule has 3 atom stereocenters. The molecule has 0 saturated carbocycles. The molecular weight excluding hydrogens is 354 g/mol. The summed E-state index contributed by atoms with van der Waals surface area (Å²) in [7, 11) is 1.76. The zero-order valence-electron chi connectivity index (χ0n) is 15.5. The molecule has 0 spiro atoms. The number of para-hydroxylation sites is 1. The van der Waals surface area contributed by atoms with Gasteiger partial charge in [0.1, 0.15) is 5.75 Å². The van der Waals surface area contributed by atoms with Crippen LogP contribution in [0, 0.1) is 5.92 Å². The molecule has 1 aliphatic heterocycles. The van der Waals surface area contributed by atoms with Crippen LogP contribution >= 0.6 is 0 Å². The van der Waals surface area contributed by atoms with Gasteiger partial charge in [-0.25, -0.2) is 4.98 Å². The molecule has 28 heavy (non-hydrogen) atoms. The Morgan fingerprint density at radius 1 is 1.14 bits per heavy atom. The Hall–Kier alpha value is -3.41. The van der Waals surface area contributed by atoms with Gasteiger partial charge in [-0.15, -0.1) is 0 Å². The number of benzene rings is 2. The van der Waals surface area contributed by atoms with Gasteiger partial charge in [-0.05, 0) is 17.7 Å². The van der Waals surface area contributed by atoms with Crippen LogP contribution in [0.25, 0.3) is 0 Å². The van der Waals surface area contributed by atoms with E-state index in [0.717, 1.165) is 11.3 Å². The van der Waals surface area contributed by atoms with Crippen molar-refractivity contribution in [1.82, 2.24) is 14.9 Å². The summed E-state index contributed by atoms with van der Waals surface area (Å²) >= 11 is 0. The number of H-pyrrole nitrogens is 1. The number of likely N-dealkylation sites (tertiary alicyclic amines) is 1. The number of hydrogen-bond donors (Lipinski definition) is 1. The maximum Gasteiger partial charge on any atom is 0.319 e. The van der Waals surface area contributed by atoms with Gasteiger partial charge in [0.05, 0.1) is 18.2 Å². The van der Waals surface area contributed by atoms with E-state index in [1.54, 1.807) is 36.6 Å². The van der Waals surface area contributed by atoms with Crippen LogP contribution in [0.1, 0.15) is 23.1 Å². The van der Waals surface area contributed by atoms with Gasteiger partial charge in [-0.2, -0.15) is 0 Å². The minimum Gasteiger partial charge on any atom is -0.426 e. The van der Waals surface area contributed by atoms with E-state index in [1.165, 1.54) is 0 Å². The zero-order valence-corrected chi connectivity index (χ0v) is 15.5. The maximum absolute atomic E-state index is 13.2. The summed E-state index contributed by atoms with van der Waals surface area (Å²) in [5.74, 6) is -1.50. The Balaban J connectivity index is 1.74. The van der Waals surface area contributed by atoms with Crippen LogP contribution in [0.3, 0.4) is 0 Å². The summed E-state index contributed by atoms with van der Waals surface area (Å²) in [4.78, 5) is 35.2. The number of imidazole rings is 1. The summed E-state index contributed by atoms with van der Waals surface area (Å²) < 4.78 is 5.66. The smallest absolute Gasteiger partial charge is 0.319 e. The minimum atomic E-state index is -0.716. The van der Waals surface area contributed by atoms with Crippen molar-refractivity contribution in [3.8, 4) is 5.75 Å². The van der Waals surface area contributed by atoms with Gasteiger partial charge in [-0.1, -0.05) is 48.5 Å². The fraction of sp³-hybridized carbons (Fsp3) is 0.227. The van der Waals surface area contributed by atoms with Crippen molar-refractivity contribution in [2.45, 2.75) is 11.8 Å². The first-order valence-electron chi connectivity index (χ1n) is 9.20. The average molecular weight is 375 g/mol. The first-order chi connectivity index (χ1) is 13.6. The van der Waals surface area contributed by atoms with E-state index in [9.17, 15) is 9.59 Å². The monoisotopic (exact) mass is 375 g/mol. The quantitative estimate of drug-likeness (QED) is 0.550. The second-order valence-electron chi connectivity index (χ2n) is 6.98. The van der Waals surface area contributed by atoms with Crippen molar-refractivity contribution < 1.29 is 14.3 Å². The number of hydrogen-bond acceptors (Lipinski definition) is 4. The third-order valence-corrected chi connectivity index (χ3v) is 5.22. The molecule has 1 fully saturated rings. The highest BCUT2D eigenvalue weighted by Crippen LogP contribution is 2.42. The molecular formula is C22H21N3O3. The summed E-state index contributed by atoms with van der Waals surface area (Å²) in [5, 5.41) is 0. The second-order valence-corrected chi connectivity index (χ2v) is 6.98. The number of nitrogens with one attached hydrogen (secondary N) is 1. The molecule has 3 unspecified atom stereocenters. The number of carbonyl (C=O) groups excluding carboxylic acids is 2. The lowest BCUT2D eigenvalue weighted by Crippen LogP contribution is -2.33. The number of esters is 1. The Kier molecular flexibility index (Phi) is 4.93. The van der Waals surface area contributed by atoms with Gasteiger partial charge in [0.25, 0.3) is 0 Å². The molecule has 0 radical (unpaired) electrons. The van der Waals surface area contributed by atoms with Crippen molar-refractivity contribution in [2.75, 3.05) is 13.6 Å². The molecule has 2 aromatic carbocycles. The molecule has 142 valence electrons. The van der Waals surface area contributed by atoms with E-state index in [0.29, 0.717) is 12.3 Å². The summed E-state index contributed by atoms with van der Waals surface area (Å²) in [5.41, 5.74) is 1.61. The van der Waals surface area contributed by atoms with Gasteiger partial charge in [0, 0.05) is 31.4 Å². The summed E-state index contributed by atoms with van der Waals surface area (Å²) in [6, 6.07) is 18.3. The Bertz CT molecular complexity index is 942.